The number of rotatable bonds is 2. The fourth-order valence-electron chi connectivity index (χ4n) is 0.345. The third kappa shape index (κ3) is 1.89. The molecule has 0 spiro atoms. The van der Waals surface area contributed by atoms with E-state index in [2.05, 4.69) is 11.1 Å². The molecule has 0 bridgehead atoms. The van der Waals surface area contributed by atoms with Gasteiger partial charge in [-0.15, -0.1) is 0 Å². The molecule has 0 rings (SSSR count). The van der Waals surface area contributed by atoms with Gasteiger partial charge in [0.05, 0.1) is 0 Å². The lowest BCUT2D eigenvalue weighted by atomic mass is 10.4. The van der Waals surface area contributed by atoms with Crippen LogP contribution in [0.4, 0.5) is 0 Å². The highest BCUT2D eigenvalue weighted by Gasteiger charge is 2.07. The number of nitrogens with one attached hydrogen (secondary N) is 1. The van der Waals surface area contributed by atoms with Gasteiger partial charge < -0.3 is 21.3 Å². The van der Waals surface area contributed by atoms with Gasteiger partial charge in [0.2, 0.25) is 0 Å². The van der Waals surface area contributed by atoms with E-state index < -0.39 is 17.5 Å². The molecule has 0 aliphatic carbocycles. The van der Waals surface area contributed by atoms with Gasteiger partial charge in [0.1, 0.15) is 0 Å². The molecule has 1 amide bonds. The first kappa shape index (κ1) is 7.61. The first-order valence-electron chi connectivity index (χ1n) is 2.19. The Hall–Kier alpha value is -1.39. The fourth-order valence-corrected chi connectivity index (χ4v) is 0.345. The molecule has 0 aliphatic rings. The van der Waals surface area contributed by atoms with Crippen LogP contribution >= 0.6 is 0 Å². The van der Waals surface area contributed by atoms with Crippen molar-refractivity contribution < 1.29 is 15.0 Å². The number of carbonyl (C=O) groups is 1. The molecule has 0 fully saturated rings. The molecule has 9 heavy (non-hydrogen) atoms. The highest BCUT2D eigenvalue weighted by Crippen LogP contribution is 1.89. The van der Waals surface area contributed by atoms with Crippen molar-refractivity contribution in [3.05, 3.63) is 11.6 Å². The van der Waals surface area contributed by atoms with Crippen molar-refractivity contribution in [2.24, 2.45) is 5.73 Å². The van der Waals surface area contributed by atoms with Crippen LogP contribution in [0.5, 0.6) is 0 Å². The highest BCUT2D eigenvalue weighted by atomic mass is 16.5. The summed E-state index contributed by atoms with van der Waals surface area (Å²) in [7, 11) is 1.35. The van der Waals surface area contributed by atoms with E-state index in [1.807, 2.05) is 0 Å². The molecule has 0 heterocycles. The van der Waals surface area contributed by atoms with Crippen LogP contribution in [0, 0.1) is 0 Å². The summed E-state index contributed by atoms with van der Waals surface area (Å²) in [6, 6.07) is 0. The Morgan fingerprint density at radius 1 is 1.56 bits per heavy atom. The van der Waals surface area contributed by atoms with Gasteiger partial charge in [0.15, 0.2) is 5.70 Å². The maximum atomic E-state index is 10.2. The molecule has 52 valence electrons. The van der Waals surface area contributed by atoms with Gasteiger partial charge in [-0.05, 0) is 0 Å². The number of nitrogens with two attached hydrogens (primary N) is 1. The van der Waals surface area contributed by atoms with Crippen LogP contribution in [0.15, 0.2) is 11.6 Å². The second kappa shape index (κ2) is 2.81. The summed E-state index contributed by atoms with van der Waals surface area (Å²) in [5.74, 6) is -2.00. The fraction of sp³-hybridized carbons (Fsp3) is 0.250. The smallest absolute Gasteiger partial charge is 0.304 e. The van der Waals surface area contributed by atoms with E-state index in [0.717, 1.165) is 0 Å². The van der Waals surface area contributed by atoms with Gasteiger partial charge in [0, 0.05) is 7.05 Å². The average molecular weight is 132 g/mol. The number of aliphatic hydroxyl groups excluding tert-OH is 1. The molecule has 5 heteroatoms. The van der Waals surface area contributed by atoms with Crippen LogP contribution in [0.1, 0.15) is 0 Å². The molecule has 0 unspecified atom stereocenters. The number of primary amides is 1. The van der Waals surface area contributed by atoms with Crippen molar-refractivity contribution in [1.29, 1.82) is 0 Å². The maximum Gasteiger partial charge on any atom is 0.304 e. The molecule has 0 saturated carbocycles. The second-order valence-electron chi connectivity index (χ2n) is 1.31. The summed E-state index contributed by atoms with van der Waals surface area (Å²) < 4.78 is 0. The lowest BCUT2D eigenvalue weighted by Gasteiger charge is -1.98. The monoisotopic (exact) mass is 132 g/mol. The Bertz CT molecular complexity index is 148. The minimum absolute atomic E-state index is 0.394. The van der Waals surface area contributed by atoms with Crippen molar-refractivity contribution in [1.82, 2.24) is 5.32 Å². The topological polar surface area (TPSA) is 95.6 Å². The molecule has 5 nitrogen and oxygen atoms in total. The second-order valence-corrected chi connectivity index (χ2v) is 1.31. The van der Waals surface area contributed by atoms with E-state index in [-0.39, 0.29) is 0 Å². The van der Waals surface area contributed by atoms with Crippen LogP contribution in [-0.2, 0) is 4.79 Å². The third-order valence-electron chi connectivity index (χ3n) is 0.720. The molecule has 0 aromatic carbocycles. The normalized spacial score (nSPS) is 8.11. The van der Waals surface area contributed by atoms with Crippen LogP contribution < -0.4 is 11.1 Å². The number of hydrogen-bond acceptors (Lipinski definition) is 4. The molecule has 0 aromatic rings. The van der Waals surface area contributed by atoms with Crippen molar-refractivity contribution in [2.45, 2.75) is 0 Å². The first-order valence-corrected chi connectivity index (χ1v) is 2.19. The summed E-state index contributed by atoms with van der Waals surface area (Å²) in [6.45, 7) is 0. The van der Waals surface area contributed by atoms with Crippen LogP contribution in [-0.4, -0.2) is 23.2 Å². The van der Waals surface area contributed by atoms with Crippen LogP contribution in [0.3, 0.4) is 0 Å². The predicted octanol–water partition coefficient (Wildman–Crippen LogP) is -1.02. The van der Waals surface area contributed by atoms with Crippen molar-refractivity contribution in [3.8, 4) is 0 Å². The van der Waals surface area contributed by atoms with E-state index in [1.165, 1.54) is 7.05 Å². The number of amides is 1. The summed E-state index contributed by atoms with van der Waals surface area (Å²) in [5.41, 5.74) is 4.28. The van der Waals surface area contributed by atoms with Gasteiger partial charge in [-0.1, -0.05) is 0 Å². The highest BCUT2D eigenvalue weighted by molar-refractivity contribution is 5.91. The Balaban J connectivity index is 4.35. The molecule has 0 atom stereocenters. The predicted molar refractivity (Wildman–Crippen MR) is 30.5 cm³/mol. The number of hydrogen-bond donors (Lipinski definition) is 4. The van der Waals surface area contributed by atoms with Gasteiger partial charge in [-0.3, -0.25) is 4.79 Å². The largest absolute Gasteiger partial charge is 0.479 e. The first-order chi connectivity index (χ1) is 4.09. The van der Waals surface area contributed by atoms with E-state index in [9.17, 15) is 4.79 Å². The van der Waals surface area contributed by atoms with Gasteiger partial charge in [-0.25, -0.2) is 0 Å². The summed E-state index contributed by atoms with van der Waals surface area (Å²) in [5, 5.41) is 18.7. The number of likely N-dealkylation sites (N-methyl/N-ethyl adjacent to an activating group) is 1. The minimum atomic E-state index is -1.09. The van der Waals surface area contributed by atoms with Gasteiger partial charge >= 0.3 is 5.95 Å². The molecule has 5 N–H and O–H groups in total. The molecular weight excluding hydrogens is 124 g/mol. The summed E-state index contributed by atoms with van der Waals surface area (Å²) in [4.78, 5) is 10.2. The van der Waals surface area contributed by atoms with Crippen LogP contribution in [0.2, 0.25) is 0 Å². The van der Waals surface area contributed by atoms with E-state index in [4.69, 9.17) is 10.2 Å². The van der Waals surface area contributed by atoms with Crippen molar-refractivity contribution in [3.63, 3.8) is 0 Å². The van der Waals surface area contributed by atoms with Gasteiger partial charge in [0.25, 0.3) is 5.91 Å². The average Bonchev–Trinajstić information content (AvgIpc) is 1.64. The van der Waals surface area contributed by atoms with Gasteiger partial charge in [-0.2, -0.15) is 0 Å². The van der Waals surface area contributed by atoms with E-state index in [1.54, 1.807) is 0 Å². The molecular formula is C4H8N2O3. The lowest BCUT2D eigenvalue weighted by Crippen LogP contribution is -2.25. The molecule has 0 saturated heterocycles. The lowest BCUT2D eigenvalue weighted by molar-refractivity contribution is -0.115. The Labute approximate surface area is 51.8 Å². The van der Waals surface area contributed by atoms with Crippen molar-refractivity contribution in [2.75, 3.05) is 7.05 Å². The zero-order chi connectivity index (χ0) is 7.44. The SMILES string of the molecule is CNC(C(N)=O)=C(O)O. The summed E-state index contributed by atoms with van der Waals surface area (Å²) >= 11 is 0. The van der Waals surface area contributed by atoms with Crippen LogP contribution in [0.25, 0.3) is 0 Å². The molecule has 0 aliphatic heterocycles. The quantitative estimate of drug-likeness (QED) is 0.285. The van der Waals surface area contributed by atoms with Crippen molar-refractivity contribution >= 4 is 5.91 Å². The molecule has 0 aromatic heterocycles. The zero-order valence-electron chi connectivity index (χ0n) is 4.88. The standard InChI is InChI=1S/C4H8N2O3/c1-6-2(3(5)7)4(8)9/h6,8-9H,1H3,(H2,5,7). The Morgan fingerprint density at radius 3 is 2.00 bits per heavy atom. The van der Waals surface area contributed by atoms with E-state index >= 15 is 0 Å². The Morgan fingerprint density at radius 2 is 2.00 bits per heavy atom. The minimum Gasteiger partial charge on any atom is -0.479 e. The molecule has 0 radical (unpaired) electrons. The third-order valence-corrected chi connectivity index (χ3v) is 0.720. The summed E-state index contributed by atoms with van der Waals surface area (Å²) in [6.07, 6.45) is 0. The maximum absolute atomic E-state index is 10.2. The zero-order valence-corrected chi connectivity index (χ0v) is 4.88. The Kier molecular flexibility index (Phi) is 2.37. The number of aliphatic hydroxyl groups is 2. The number of carbonyl (C=O) groups excluding carboxylic acids is 1. The van der Waals surface area contributed by atoms with E-state index in [0.29, 0.717) is 0 Å².